The maximum absolute atomic E-state index is 12.9. The van der Waals surface area contributed by atoms with Crippen molar-refractivity contribution >= 4 is 17.9 Å². The zero-order valence-corrected chi connectivity index (χ0v) is 51.7. The molecule has 1 unspecified atom stereocenters. The smallest absolute Gasteiger partial charge is 0.306 e. The van der Waals surface area contributed by atoms with E-state index in [2.05, 4.69) is 106 Å². The van der Waals surface area contributed by atoms with Gasteiger partial charge in [0, 0.05) is 19.3 Å². The van der Waals surface area contributed by atoms with Crippen LogP contribution in [-0.4, -0.2) is 37.2 Å². The summed E-state index contributed by atoms with van der Waals surface area (Å²) in [5, 5.41) is 0. The maximum Gasteiger partial charge on any atom is 0.306 e. The molecule has 0 aromatic carbocycles. The lowest BCUT2D eigenvalue weighted by atomic mass is 10.0. The molecule has 0 aromatic heterocycles. The molecule has 0 radical (unpaired) electrons. The quantitative estimate of drug-likeness (QED) is 0.0261. The molecule has 0 bridgehead atoms. The normalized spacial score (nSPS) is 12.6. The fourth-order valence-corrected chi connectivity index (χ4v) is 9.62. The summed E-state index contributed by atoms with van der Waals surface area (Å²) in [5.41, 5.74) is 0. The first-order chi connectivity index (χ1) is 38.5. The number of carbonyl (C=O) groups excluding carboxylic acids is 3. The highest BCUT2D eigenvalue weighted by molar-refractivity contribution is 5.71. The van der Waals surface area contributed by atoms with Crippen molar-refractivity contribution in [3.8, 4) is 0 Å². The third-order valence-corrected chi connectivity index (χ3v) is 14.6. The van der Waals surface area contributed by atoms with Gasteiger partial charge in [-0.2, -0.15) is 0 Å². The number of carbonyl (C=O) groups is 3. The number of allylic oxidation sites excluding steroid dienone is 14. The average molecular weight is 1090 g/mol. The second-order valence-electron chi connectivity index (χ2n) is 22.4. The molecule has 1 atom stereocenters. The van der Waals surface area contributed by atoms with Gasteiger partial charge in [0.25, 0.3) is 0 Å². The topological polar surface area (TPSA) is 78.9 Å². The van der Waals surface area contributed by atoms with E-state index < -0.39 is 6.10 Å². The van der Waals surface area contributed by atoms with Gasteiger partial charge in [-0.05, 0) is 96.3 Å². The monoisotopic (exact) mass is 1090 g/mol. The Hall–Kier alpha value is -3.41. The molecule has 0 saturated carbocycles. The van der Waals surface area contributed by atoms with E-state index in [1.54, 1.807) is 0 Å². The molecule has 0 aliphatic heterocycles. The molecule has 6 heteroatoms. The van der Waals surface area contributed by atoms with Crippen LogP contribution in [0.2, 0.25) is 0 Å². The van der Waals surface area contributed by atoms with Crippen molar-refractivity contribution in [1.82, 2.24) is 0 Å². The average Bonchev–Trinajstić information content (AvgIpc) is 3.44. The van der Waals surface area contributed by atoms with Gasteiger partial charge in [0.15, 0.2) is 6.10 Å². The molecule has 0 fully saturated rings. The molecular formula is C72H126O6. The summed E-state index contributed by atoms with van der Waals surface area (Å²) in [7, 11) is 0. The van der Waals surface area contributed by atoms with E-state index in [-0.39, 0.29) is 31.1 Å². The van der Waals surface area contributed by atoms with Crippen LogP contribution >= 0.6 is 0 Å². The Kier molecular flexibility index (Phi) is 63.2. The molecule has 78 heavy (non-hydrogen) atoms. The van der Waals surface area contributed by atoms with Crippen LogP contribution in [0.1, 0.15) is 335 Å². The van der Waals surface area contributed by atoms with Crippen molar-refractivity contribution < 1.29 is 28.6 Å². The molecule has 0 spiro atoms. The number of rotatable bonds is 61. The van der Waals surface area contributed by atoms with E-state index in [1.165, 1.54) is 193 Å². The molecule has 0 aromatic rings. The van der Waals surface area contributed by atoms with E-state index in [0.29, 0.717) is 19.3 Å². The minimum atomic E-state index is -0.782. The Morgan fingerprint density at radius 3 is 0.808 bits per heavy atom. The molecule has 6 nitrogen and oxygen atoms in total. The second kappa shape index (κ2) is 66.1. The zero-order valence-electron chi connectivity index (χ0n) is 51.7. The van der Waals surface area contributed by atoms with E-state index in [4.69, 9.17) is 14.2 Å². The lowest BCUT2D eigenvalue weighted by Gasteiger charge is -2.18. The summed E-state index contributed by atoms with van der Waals surface area (Å²) in [5.74, 6) is -0.869. The van der Waals surface area contributed by atoms with Gasteiger partial charge in [-0.1, -0.05) is 305 Å². The summed E-state index contributed by atoms with van der Waals surface area (Å²) in [6.45, 7) is 6.54. The highest BCUT2D eigenvalue weighted by Gasteiger charge is 2.19. The van der Waals surface area contributed by atoms with Gasteiger partial charge in [0.05, 0.1) is 0 Å². The predicted octanol–water partition coefficient (Wildman–Crippen LogP) is 23.1. The number of ether oxygens (including phenoxy) is 3. The molecule has 450 valence electrons. The molecule has 0 heterocycles. The van der Waals surface area contributed by atoms with Crippen LogP contribution in [0.25, 0.3) is 0 Å². The standard InChI is InChI=1S/C72H126O6/c1-4-7-10-13-16-19-22-25-28-31-33-34-35-36-37-38-40-41-44-47-50-53-56-59-62-65-71(74)77-68-69(67-76-70(73)64-61-58-55-52-49-46-43-30-27-24-21-18-15-12-9-6-3)78-72(75)66-63-60-57-54-51-48-45-42-39-32-29-26-23-20-17-14-11-8-5-2/h7,10,16-17,19-20,25-26,28-29,33-34,36-37,69H,4-6,8-9,11-15,18,21-24,27,30-32,35,38-68H2,1-3H3/b10-7-,19-16-,20-17-,28-25-,29-26-,34-33-,37-36-. The van der Waals surface area contributed by atoms with E-state index in [0.717, 1.165) is 103 Å². The van der Waals surface area contributed by atoms with Crippen molar-refractivity contribution in [3.05, 3.63) is 85.1 Å². The molecule has 0 aliphatic rings. The zero-order chi connectivity index (χ0) is 56.4. The van der Waals surface area contributed by atoms with Crippen molar-refractivity contribution in [2.24, 2.45) is 0 Å². The minimum absolute atomic E-state index is 0.0765. The van der Waals surface area contributed by atoms with Gasteiger partial charge in [-0.15, -0.1) is 0 Å². The van der Waals surface area contributed by atoms with E-state index in [1.807, 2.05) is 0 Å². The molecule has 0 saturated heterocycles. The van der Waals surface area contributed by atoms with Crippen molar-refractivity contribution in [3.63, 3.8) is 0 Å². The Bertz CT molecular complexity index is 1480. The number of hydrogen-bond acceptors (Lipinski definition) is 6. The summed E-state index contributed by atoms with van der Waals surface area (Å²) in [4.78, 5) is 38.4. The van der Waals surface area contributed by atoms with Gasteiger partial charge in [0.1, 0.15) is 13.2 Å². The van der Waals surface area contributed by atoms with Crippen LogP contribution in [-0.2, 0) is 28.6 Å². The SMILES string of the molecule is CC/C=C\C/C=C\C/C=C\C/C=C\C/C=C\CCCCCCCCCCCC(=O)OCC(COC(=O)CCCCCCCCCCCCCCCCCC)OC(=O)CCCCCCCCCCC/C=C\C/C=C\CCCCC. The van der Waals surface area contributed by atoms with Gasteiger partial charge < -0.3 is 14.2 Å². The first-order valence-corrected chi connectivity index (χ1v) is 33.6. The lowest BCUT2D eigenvalue weighted by molar-refractivity contribution is -0.167. The Balaban J connectivity index is 4.35. The Labute approximate surface area is 484 Å². The van der Waals surface area contributed by atoms with Gasteiger partial charge >= 0.3 is 17.9 Å². The van der Waals surface area contributed by atoms with Gasteiger partial charge in [-0.3, -0.25) is 14.4 Å². The van der Waals surface area contributed by atoms with Gasteiger partial charge in [0.2, 0.25) is 0 Å². The van der Waals surface area contributed by atoms with Crippen LogP contribution in [0, 0.1) is 0 Å². The highest BCUT2D eigenvalue weighted by atomic mass is 16.6. The highest BCUT2D eigenvalue weighted by Crippen LogP contribution is 2.17. The van der Waals surface area contributed by atoms with Crippen LogP contribution in [0.5, 0.6) is 0 Å². The fourth-order valence-electron chi connectivity index (χ4n) is 9.62. The lowest BCUT2D eigenvalue weighted by Crippen LogP contribution is -2.30. The summed E-state index contributed by atoms with van der Waals surface area (Å²) >= 11 is 0. The van der Waals surface area contributed by atoms with Crippen LogP contribution in [0.4, 0.5) is 0 Å². The van der Waals surface area contributed by atoms with Crippen molar-refractivity contribution in [2.75, 3.05) is 13.2 Å². The molecule has 0 aliphatic carbocycles. The van der Waals surface area contributed by atoms with Crippen molar-refractivity contribution in [2.45, 2.75) is 341 Å². The van der Waals surface area contributed by atoms with Gasteiger partial charge in [-0.25, -0.2) is 0 Å². The largest absolute Gasteiger partial charge is 0.462 e. The number of unbranched alkanes of at least 4 members (excludes halogenated alkanes) is 36. The molecule has 0 amide bonds. The maximum atomic E-state index is 12.9. The number of esters is 3. The first kappa shape index (κ1) is 74.6. The summed E-state index contributed by atoms with van der Waals surface area (Å²) in [6.07, 6.45) is 87.3. The van der Waals surface area contributed by atoms with Crippen LogP contribution in [0.3, 0.4) is 0 Å². The fraction of sp³-hybridized carbons (Fsp3) is 0.764. The van der Waals surface area contributed by atoms with Crippen LogP contribution < -0.4 is 0 Å². The Morgan fingerprint density at radius 1 is 0.269 bits per heavy atom. The third kappa shape index (κ3) is 63.4. The molecule has 0 rings (SSSR count). The van der Waals surface area contributed by atoms with E-state index in [9.17, 15) is 14.4 Å². The van der Waals surface area contributed by atoms with Crippen molar-refractivity contribution in [1.29, 1.82) is 0 Å². The Morgan fingerprint density at radius 2 is 0.500 bits per heavy atom. The van der Waals surface area contributed by atoms with Crippen LogP contribution in [0.15, 0.2) is 85.1 Å². The first-order valence-electron chi connectivity index (χ1n) is 33.6. The summed E-state index contributed by atoms with van der Waals surface area (Å²) in [6, 6.07) is 0. The molecule has 0 N–H and O–H groups in total. The molecular weight excluding hydrogens is 961 g/mol. The minimum Gasteiger partial charge on any atom is -0.462 e. The predicted molar refractivity (Wildman–Crippen MR) is 339 cm³/mol. The van der Waals surface area contributed by atoms with E-state index >= 15 is 0 Å². The second-order valence-corrected chi connectivity index (χ2v) is 22.4. The summed E-state index contributed by atoms with van der Waals surface area (Å²) < 4.78 is 17.0. The number of hydrogen-bond donors (Lipinski definition) is 0. The third-order valence-electron chi connectivity index (χ3n) is 14.6.